The standard InChI is InChI=1S/C12H11NO4S/c1-17-11(15)9-12(16)8-5-3-2-4-7(8)10(14)13(12)6-18-9/h2-5,9,16H,6H2,1H3/t9-,12+/m1/s1. The number of thioether (sulfide) groups is 1. The van der Waals surface area contributed by atoms with Crippen molar-refractivity contribution in [3.05, 3.63) is 35.4 Å². The van der Waals surface area contributed by atoms with E-state index in [0.29, 0.717) is 11.1 Å². The zero-order valence-electron chi connectivity index (χ0n) is 9.62. The Kier molecular flexibility index (Phi) is 2.39. The van der Waals surface area contributed by atoms with Gasteiger partial charge in [0, 0.05) is 11.1 Å². The zero-order valence-corrected chi connectivity index (χ0v) is 10.4. The van der Waals surface area contributed by atoms with Crippen LogP contribution in [0.4, 0.5) is 0 Å². The van der Waals surface area contributed by atoms with E-state index in [1.807, 2.05) is 0 Å². The minimum absolute atomic E-state index is 0.244. The van der Waals surface area contributed by atoms with Crippen molar-refractivity contribution in [1.82, 2.24) is 4.90 Å². The summed E-state index contributed by atoms with van der Waals surface area (Å²) in [5.74, 6) is -0.481. The molecule has 2 aliphatic heterocycles. The van der Waals surface area contributed by atoms with Gasteiger partial charge in [-0.3, -0.25) is 14.5 Å². The highest BCUT2D eigenvalue weighted by molar-refractivity contribution is 8.00. The van der Waals surface area contributed by atoms with Gasteiger partial charge in [-0.1, -0.05) is 18.2 Å². The molecule has 18 heavy (non-hydrogen) atoms. The molecule has 1 fully saturated rings. The number of esters is 1. The van der Waals surface area contributed by atoms with Crippen LogP contribution in [0.3, 0.4) is 0 Å². The van der Waals surface area contributed by atoms with Gasteiger partial charge in [0.25, 0.3) is 5.91 Å². The third-order valence-corrected chi connectivity index (χ3v) is 4.62. The molecule has 0 unspecified atom stereocenters. The van der Waals surface area contributed by atoms with Crippen LogP contribution in [0.2, 0.25) is 0 Å². The fraction of sp³-hybridized carbons (Fsp3) is 0.333. The fourth-order valence-electron chi connectivity index (χ4n) is 2.48. The van der Waals surface area contributed by atoms with Crippen molar-refractivity contribution in [2.75, 3.05) is 13.0 Å². The third kappa shape index (κ3) is 1.22. The molecule has 94 valence electrons. The molecule has 0 saturated carbocycles. The molecule has 6 heteroatoms. The first-order valence-electron chi connectivity index (χ1n) is 5.44. The predicted octanol–water partition coefficient (Wildman–Crippen LogP) is 0.533. The Morgan fingerprint density at radius 2 is 2.28 bits per heavy atom. The normalized spacial score (nSPS) is 29.1. The summed E-state index contributed by atoms with van der Waals surface area (Å²) < 4.78 is 4.70. The number of carbonyl (C=O) groups is 2. The Balaban J connectivity index is 2.16. The minimum atomic E-state index is -1.58. The van der Waals surface area contributed by atoms with Crippen LogP contribution in [0.1, 0.15) is 15.9 Å². The van der Waals surface area contributed by atoms with Crippen LogP contribution in [0.25, 0.3) is 0 Å². The van der Waals surface area contributed by atoms with E-state index in [1.54, 1.807) is 24.3 Å². The van der Waals surface area contributed by atoms with Crippen molar-refractivity contribution in [3.8, 4) is 0 Å². The van der Waals surface area contributed by atoms with E-state index in [0.717, 1.165) is 0 Å². The Labute approximate surface area is 108 Å². The molecule has 5 nitrogen and oxygen atoms in total. The van der Waals surface area contributed by atoms with E-state index in [2.05, 4.69) is 0 Å². The van der Waals surface area contributed by atoms with Gasteiger partial charge in [0.05, 0.1) is 13.0 Å². The molecule has 0 aliphatic carbocycles. The summed E-state index contributed by atoms with van der Waals surface area (Å²) in [6.45, 7) is 0. The molecule has 0 aromatic heterocycles. The maximum atomic E-state index is 12.1. The second-order valence-electron chi connectivity index (χ2n) is 4.20. The second kappa shape index (κ2) is 3.73. The molecular formula is C12H11NO4S. The van der Waals surface area contributed by atoms with Gasteiger partial charge < -0.3 is 9.84 Å². The molecule has 1 saturated heterocycles. The third-order valence-electron chi connectivity index (χ3n) is 3.36. The summed E-state index contributed by atoms with van der Waals surface area (Å²) in [7, 11) is 1.28. The molecule has 0 bridgehead atoms. The number of amides is 1. The number of methoxy groups -OCH3 is 1. The Bertz CT molecular complexity index is 547. The van der Waals surface area contributed by atoms with Crippen LogP contribution >= 0.6 is 11.8 Å². The van der Waals surface area contributed by atoms with Crippen molar-refractivity contribution in [2.24, 2.45) is 0 Å². The molecule has 1 aromatic carbocycles. The first-order chi connectivity index (χ1) is 8.60. The largest absolute Gasteiger partial charge is 0.468 e. The van der Waals surface area contributed by atoms with Crippen LogP contribution in [0.5, 0.6) is 0 Å². The van der Waals surface area contributed by atoms with Gasteiger partial charge in [0.15, 0.2) is 11.0 Å². The molecule has 1 aromatic rings. The van der Waals surface area contributed by atoms with Gasteiger partial charge in [0.2, 0.25) is 0 Å². The van der Waals surface area contributed by atoms with Gasteiger partial charge in [-0.2, -0.15) is 0 Å². The van der Waals surface area contributed by atoms with E-state index in [4.69, 9.17) is 4.74 Å². The number of carbonyl (C=O) groups excluding carboxylic acids is 2. The lowest BCUT2D eigenvalue weighted by atomic mass is 9.98. The molecular weight excluding hydrogens is 254 g/mol. The summed E-state index contributed by atoms with van der Waals surface area (Å²) in [4.78, 5) is 25.2. The summed E-state index contributed by atoms with van der Waals surface area (Å²) in [6, 6.07) is 6.81. The van der Waals surface area contributed by atoms with Crippen molar-refractivity contribution in [1.29, 1.82) is 0 Å². The van der Waals surface area contributed by atoms with Crippen molar-refractivity contribution in [2.45, 2.75) is 11.0 Å². The molecule has 3 rings (SSSR count). The molecule has 0 radical (unpaired) electrons. The van der Waals surface area contributed by atoms with E-state index in [1.165, 1.54) is 23.8 Å². The molecule has 2 aliphatic rings. The quantitative estimate of drug-likeness (QED) is 0.750. The zero-order chi connectivity index (χ0) is 12.9. The summed E-state index contributed by atoms with van der Waals surface area (Å²) in [6.07, 6.45) is 0. The van der Waals surface area contributed by atoms with Crippen molar-refractivity contribution < 1.29 is 19.4 Å². The maximum Gasteiger partial charge on any atom is 0.324 e. The molecule has 2 atom stereocenters. The number of benzene rings is 1. The van der Waals surface area contributed by atoms with Gasteiger partial charge in [0.1, 0.15) is 0 Å². The van der Waals surface area contributed by atoms with Gasteiger partial charge in [-0.25, -0.2) is 0 Å². The lowest BCUT2D eigenvalue weighted by molar-refractivity contribution is -0.150. The van der Waals surface area contributed by atoms with Crippen LogP contribution in [-0.4, -0.2) is 40.1 Å². The van der Waals surface area contributed by atoms with Crippen LogP contribution in [-0.2, 0) is 15.3 Å². The highest BCUT2D eigenvalue weighted by atomic mass is 32.2. The predicted molar refractivity (Wildman–Crippen MR) is 64.8 cm³/mol. The second-order valence-corrected chi connectivity index (χ2v) is 5.27. The van der Waals surface area contributed by atoms with Crippen LogP contribution in [0, 0.1) is 0 Å². The SMILES string of the molecule is COC(=O)[C@H]1SCN2C(=O)c3ccccc3[C@]12O. The van der Waals surface area contributed by atoms with Crippen molar-refractivity contribution >= 4 is 23.6 Å². The van der Waals surface area contributed by atoms with Gasteiger partial charge >= 0.3 is 5.97 Å². The number of ether oxygens (including phenoxy) is 1. The minimum Gasteiger partial charge on any atom is -0.468 e. The lowest BCUT2D eigenvalue weighted by Gasteiger charge is -2.29. The summed E-state index contributed by atoms with van der Waals surface area (Å²) in [5.41, 5.74) is -0.643. The average Bonchev–Trinajstić information content (AvgIpc) is 2.84. The average molecular weight is 265 g/mol. The number of hydrogen-bond donors (Lipinski definition) is 1. The van der Waals surface area contributed by atoms with Crippen LogP contribution < -0.4 is 0 Å². The van der Waals surface area contributed by atoms with E-state index < -0.39 is 16.9 Å². The fourth-order valence-corrected chi connectivity index (χ4v) is 3.81. The Hall–Kier alpha value is -1.53. The lowest BCUT2D eigenvalue weighted by Crippen LogP contribution is -2.47. The highest BCUT2D eigenvalue weighted by Crippen LogP contribution is 2.49. The summed E-state index contributed by atoms with van der Waals surface area (Å²) >= 11 is 1.21. The first-order valence-corrected chi connectivity index (χ1v) is 6.49. The highest BCUT2D eigenvalue weighted by Gasteiger charge is 2.60. The molecule has 0 spiro atoms. The summed E-state index contributed by atoms with van der Waals surface area (Å²) in [5, 5.41) is 10.0. The van der Waals surface area contributed by atoms with E-state index in [9.17, 15) is 14.7 Å². The van der Waals surface area contributed by atoms with Crippen LogP contribution in [0.15, 0.2) is 24.3 Å². The smallest absolute Gasteiger partial charge is 0.324 e. The number of hydrogen-bond acceptors (Lipinski definition) is 5. The molecule has 2 heterocycles. The number of nitrogens with zero attached hydrogens (tertiary/aromatic N) is 1. The van der Waals surface area contributed by atoms with E-state index in [-0.39, 0.29) is 11.8 Å². The monoisotopic (exact) mass is 265 g/mol. The van der Waals surface area contributed by atoms with E-state index >= 15 is 0 Å². The first kappa shape index (κ1) is 11.6. The topological polar surface area (TPSA) is 66.8 Å². The number of rotatable bonds is 1. The van der Waals surface area contributed by atoms with Gasteiger partial charge in [-0.15, -0.1) is 11.8 Å². The Morgan fingerprint density at radius 1 is 1.56 bits per heavy atom. The Morgan fingerprint density at radius 3 is 3.00 bits per heavy atom. The molecule has 1 amide bonds. The molecule has 1 N–H and O–H groups in total. The number of fused-ring (bicyclic) bond motifs is 3. The maximum absolute atomic E-state index is 12.1. The van der Waals surface area contributed by atoms with Crippen molar-refractivity contribution in [3.63, 3.8) is 0 Å². The van der Waals surface area contributed by atoms with Gasteiger partial charge in [-0.05, 0) is 6.07 Å². The number of aliphatic hydroxyl groups is 1.